The van der Waals surface area contributed by atoms with Crippen LogP contribution in [0.25, 0.3) is 0 Å². The van der Waals surface area contributed by atoms with E-state index in [-0.39, 0.29) is 6.23 Å². The molecule has 14 heavy (non-hydrogen) atoms. The molecule has 2 rings (SSSR count). The van der Waals surface area contributed by atoms with E-state index in [1.54, 1.807) is 0 Å². The second-order valence-electron chi connectivity index (χ2n) is 3.38. The Morgan fingerprint density at radius 3 is 3.07 bits per heavy atom. The molecule has 0 aromatic carbocycles. The minimum Gasteiger partial charge on any atom is -0.357 e. The van der Waals surface area contributed by atoms with Crippen LogP contribution in [0, 0.1) is 3.70 Å². The second kappa shape index (κ2) is 4.81. The molecular weight excluding hydrogens is 314 g/mol. The van der Waals surface area contributed by atoms with Gasteiger partial charge in [0.15, 0.2) is 0 Å². The van der Waals surface area contributed by atoms with Crippen LogP contribution in [0.4, 0.5) is 0 Å². The fourth-order valence-electron chi connectivity index (χ4n) is 1.58. The predicted octanol–water partition coefficient (Wildman–Crippen LogP) is 2.93. The first kappa shape index (κ1) is 10.7. The fraction of sp³-hybridized carbons (Fsp3) is 0.667. The first-order valence-electron chi connectivity index (χ1n) is 4.72. The van der Waals surface area contributed by atoms with Crippen molar-refractivity contribution in [2.24, 2.45) is 0 Å². The average Bonchev–Trinajstić information content (AvgIpc) is 2.61. The Kier molecular flexibility index (Phi) is 3.67. The molecule has 0 N–H and O–H groups in total. The molecule has 1 aromatic rings. The Hall–Kier alpha value is 0.190. The summed E-state index contributed by atoms with van der Waals surface area (Å²) in [5.41, 5.74) is 1.08. The normalized spacial score (nSPS) is 22.6. The van der Waals surface area contributed by atoms with Gasteiger partial charge >= 0.3 is 0 Å². The molecule has 5 heteroatoms. The van der Waals surface area contributed by atoms with E-state index in [9.17, 15) is 0 Å². The van der Waals surface area contributed by atoms with Gasteiger partial charge < -0.3 is 4.74 Å². The number of hydrogen-bond acceptors (Lipinski definition) is 2. The van der Waals surface area contributed by atoms with Crippen molar-refractivity contribution < 1.29 is 4.74 Å². The van der Waals surface area contributed by atoms with Gasteiger partial charge in [-0.3, -0.25) is 0 Å². The summed E-state index contributed by atoms with van der Waals surface area (Å²) in [6.45, 7) is 0.845. The van der Waals surface area contributed by atoms with Gasteiger partial charge in [0, 0.05) is 18.4 Å². The lowest BCUT2D eigenvalue weighted by Crippen LogP contribution is -2.18. The van der Waals surface area contributed by atoms with Gasteiger partial charge in [-0.1, -0.05) is 0 Å². The van der Waals surface area contributed by atoms with Crippen LogP contribution in [0.15, 0.2) is 6.20 Å². The van der Waals surface area contributed by atoms with Crippen molar-refractivity contribution in [3.05, 3.63) is 15.5 Å². The van der Waals surface area contributed by atoms with Crippen molar-refractivity contribution in [1.29, 1.82) is 0 Å². The number of rotatable bonds is 2. The van der Waals surface area contributed by atoms with Gasteiger partial charge in [-0.2, -0.15) is 5.10 Å². The van der Waals surface area contributed by atoms with Crippen LogP contribution < -0.4 is 0 Å². The average molecular weight is 327 g/mol. The molecule has 1 unspecified atom stereocenters. The summed E-state index contributed by atoms with van der Waals surface area (Å²) in [5.74, 6) is 0.519. The zero-order valence-corrected chi connectivity index (χ0v) is 10.7. The first-order chi connectivity index (χ1) is 6.81. The molecule has 2 heterocycles. The number of nitrogens with zero attached hydrogens (tertiary/aromatic N) is 2. The molecule has 0 amide bonds. The van der Waals surface area contributed by atoms with Crippen molar-refractivity contribution in [2.75, 3.05) is 6.61 Å². The molecule has 1 saturated heterocycles. The number of halogens is 2. The summed E-state index contributed by atoms with van der Waals surface area (Å²) in [6.07, 6.45) is 5.55. The van der Waals surface area contributed by atoms with Gasteiger partial charge in [0.1, 0.15) is 9.93 Å². The van der Waals surface area contributed by atoms with E-state index in [0.717, 1.165) is 28.7 Å². The van der Waals surface area contributed by atoms with E-state index in [1.165, 1.54) is 6.42 Å². The minimum atomic E-state index is 0.120. The first-order valence-corrected chi connectivity index (χ1v) is 6.33. The van der Waals surface area contributed by atoms with Crippen LogP contribution in [0.1, 0.15) is 31.1 Å². The molecule has 0 bridgehead atoms. The lowest BCUT2D eigenvalue weighted by Gasteiger charge is -2.22. The maximum Gasteiger partial charge on any atom is 0.150 e. The lowest BCUT2D eigenvalue weighted by atomic mass is 10.2. The molecule has 0 aliphatic carbocycles. The highest BCUT2D eigenvalue weighted by Gasteiger charge is 2.17. The largest absolute Gasteiger partial charge is 0.357 e. The molecule has 0 saturated carbocycles. The van der Waals surface area contributed by atoms with Gasteiger partial charge in [-0.15, -0.1) is 11.6 Å². The SMILES string of the molecule is ClCc1cn(C2CCCCO2)nc1I. The van der Waals surface area contributed by atoms with E-state index >= 15 is 0 Å². The van der Waals surface area contributed by atoms with Crippen molar-refractivity contribution in [2.45, 2.75) is 31.4 Å². The topological polar surface area (TPSA) is 27.1 Å². The monoisotopic (exact) mass is 326 g/mol. The van der Waals surface area contributed by atoms with Crippen LogP contribution in [0.5, 0.6) is 0 Å². The summed E-state index contributed by atoms with van der Waals surface area (Å²) in [5, 5.41) is 4.40. The Morgan fingerprint density at radius 1 is 1.64 bits per heavy atom. The standard InChI is InChI=1S/C9H12ClIN2O/c10-5-7-6-13(12-9(7)11)8-3-1-2-4-14-8/h6,8H,1-5H2. The summed E-state index contributed by atoms with van der Waals surface area (Å²) in [7, 11) is 0. The zero-order valence-electron chi connectivity index (χ0n) is 7.75. The molecule has 78 valence electrons. The van der Waals surface area contributed by atoms with E-state index in [1.807, 2.05) is 10.9 Å². The molecule has 1 aliphatic heterocycles. The number of ether oxygens (including phenoxy) is 1. The quantitative estimate of drug-likeness (QED) is 0.617. The summed E-state index contributed by atoms with van der Waals surface area (Å²) in [4.78, 5) is 0. The fourth-order valence-corrected chi connectivity index (χ4v) is 2.58. The van der Waals surface area contributed by atoms with E-state index in [2.05, 4.69) is 27.7 Å². The maximum absolute atomic E-state index is 5.79. The minimum absolute atomic E-state index is 0.120. The van der Waals surface area contributed by atoms with Crippen molar-refractivity contribution >= 4 is 34.2 Å². The summed E-state index contributed by atoms with van der Waals surface area (Å²) >= 11 is 7.99. The van der Waals surface area contributed by atoms with E-state index in [4.69, 9.17) is 16.3 Å². The molecule has 1 fully saturated rings. The lowest BCUT2D eigenvalue weighted by molar-refractivity contribution is -0.0397. The Balaban J connectivity index is 2.14. The Morgan fingerprint density at radius 2 is 2.50 bits per heavy atom. The van der Waals surface area contributed by atoms with Crippen molar-refractivity contribution in [1.82, 2.24) is 9.78 Å². The van der Waals surface area contributed by atoms with Gasteiger partial charge in [0.25, 0.3) is 0 Å². The van der Waals surface area contributed by atoms with Crippen LogP contribution in [-0.4, -0.2) is 16.4 Å². The molecular formula is C9H12ClIN2O. The van der Waals surface area contributed by atoms with Crippen LogP contribution >= 0.6 is 34.2 Å². The Bertz CT molecular complexity index is 310. The third-order valence-corrected chi connectivity index (χ3v) is 3.55. The highest BCUT2D eigenvalue weighted by Crippen LogP contribution is 2.23. The summed E-state index contributed by atoms with van der Waals surface area (Å²) < 4.78 is 8.51. The predicted molar refractivity (Wildman–Crippen MR) is 63.3 cm³/mol. The van der Waals surface area contributed by atoms with Crippen molar-refractivity contribution in [3.8, 4) is 0 Å². The van der Waals surface area contributed by atoms with Crippen LogP contribution in [0.3, 0.4) is 0 Å². The van der Waals surface area contributed by atoms with E-state index in [0.29, 0.717) is 5.88 Å². The maximum atomic E-state index is 5.79. The zero-order chi connectivity index (χ0) is 9.97. The van der Waals surface area contributed by atoms with Gasteiger partial charge in [0.2, 0.25) is 0 Å². The van der Waals surface area contributed by atoms with Gasteiger partial charge in [-0.05, 0) is 41.9 Å². The van der Waals surface area contributed by atoms with Gasteiger partial charge in [-0.25, -0.2) is 4.68 Å². The molecule has 1 atom stereocenters. The molecule has 3 nitrogen and oxygen atoms in total. The van der Waals surface area contributed by atoms with Crippen LogP contribution in [0.2, 0.25) is 0 Å². The van der Waals surface area contributed by atoms with Gasteiger partial charge in [0.05, 0.1) is 5.88 Å². The highest BCUT2D eigenvalue weighted by atomic mass is 127. The molecule has 0 spiro atoms. The molecule has 0 radical (unpaired) electrons. The van der Waals surface area contributed by atoms with Crippen molar-refractivity contribution in [3.63, 3.8) is 0 Å². The van der Waals surface area contributed by atoms with Crippen LogP contribution in [-0.2, 0) is 10.6 Å². The summed E-state index contributed by atoms with van der Waals surface area (Å²) in [6, 6.07) is 0. The highest BCUT2D eigenvalue weighted by molar-refractivity contribution is 14.1. The molecule has 1 aromatic heterocycles. The third-order valence-electron chi connectivity index (χ3n) is 2.35. The third kappa shape index (κ3) is 2.23. The smallest absolute Gasteiger partial charge is 0.150 e. The number of alkyl halides is 1. The molecule has 1 aliphatic rings. The Labute approximate surface area is 102 Å². The number of aromatic nitrogens is 2. The second-order valence-corrected chi connectivity index (χ2v) is 4.67. The van der Waals surface area contributed by atoms with E-state index < -0.39 is 0 Å². The number of hydrogen-bond donors (Lipinski definition) is 0.